The molecule has 0 spiro atoms. The third-order valence-electron chi connectivity index (χ3n) is 4.97. The van der Waals surface area contributed by atoms with Gasteiger partial charge >= 0.3 is 12.1 Å². The topological polar surface area (TPSA) is 120 Å². The van der Waals surface area contributed by atoms with Crippen LogP contribution in [0.2, 0.25) is 0 Å². The highest BCUT2D eigenvalue weighted by Crippen LogP contribution is 2.20. The van der Waals surface area contributed by atoms with Gasteiger partial charge in [0.25, 0.3) is 5.91 Å². The number of hydrogen-bond donors (Lipinski definition) is 4. The molecule has 1 aliphatic heterocycles. The summed E-state index contributed by atoms with van der Waals surface area (Å²) in [7, 11) is 0. The first-order chi connectivity index (χ1) is 15.4. The Morgan fingerprint density at radius 2 is 1.62 bits per heavy atom. The number of nitrogens with two attached hydrogens (primary N) is 1. The van der Waals surface area contributed by atoms with Crippen molar-refractivity contribution in [1.82, 2.24) is 15.1 Å². The highest BCUT2D eigenvalue weighted by atomic mass is 19.1. The summed E-state index contributed by atoms with van der Waals surface area (Å²) in [5.41, 5.74) is 7.35. The second kappa shape index (κ2) is 10.6. The zero-order valence-electron chi connectivity index (χ0n) is 17.8. The van der Waals surface area contributed by atoms with Crippen molar-refractivity contribution in [3.05, 3.63) is 59.9 Å². The minimum Gasteiger partial charge on any atom is -0.351 e. The molecule has 5 amide bonds. The molecule has 9 nitrogen and oxygen atoms in total. The van der Waals surface area contributed by atoms with E-state index in [0.29, 0.717) is 12.1 Å². The number of nitrogens with zero attached hydrogens (tertiary/aromatic N) is 2. The molecule has 0 aromatic heterocycles. The van der Waals surface area contributed by atoms with E-state index in [2.05, 4.69) is 16.0 Å². The SMILES string of the molecule is Cc1ccc(NC(=O)N2CCCN(C(=O)Nc3cccc(F)c3)C2C(=O)NCCN)cc1. The lowest BCUT2D eigenvalue weighted by molar-refractivity contribution is -0.131. The standard InChI is InChI=1S/C22H27FN6O3/c1-15-6-8-17(9-7-15)26-21(31)28-12-3-13-29(20(28)19(30)25-11-10-24)22(32)27-18-5-2-4-16(23)14-18/h2,4-9,14,20H,3,10-13,24H2,1H3,(H,25,30)(H,26,31)(H,27,32). The van der Waals surface area contributed by atoms with Crippen molar-refractivity contribution in [1.29, 1.82) is 0 Å². The molecular weight excluding hydrogens is 415 g/mol. The number of carbonyl (C=O) groups excluding carboxylic acids is 3. The van der Waals surface area contributed by atoms with Gasteiger partial charge in [-0.1, -0.05) is 23.8 Å². The molecule has 1 unspecified atom stereocenters. The number of halogens is 1. The van der Waals surface area contributed by atoms with Crippen LogP contribution in [0, 0.1) is 12.7 Å². The van der Waals surface area contributed by atoms with Gasteiger partial charge in [-0.05, 0) is 43.7 Å². The number of carbonyl (C=O) groups is 3. The normalized spacial score (nSPS) is 15.8. The van der Waals surface area contributed by atoms with Crippen LogP contribution in [0.5, 0.6) is 0 Å². The first-order valence-electron chi connectivity index (χ1n) is 10.3. The Balaban J connectivity index is 1.81. The molecule has 1 atom stereocenters. The van der Waals surface area contributed by atoms with Gasteiger partial charge < -0.3 is 21.7 Å². The number of amides is 5. The maximum Gasteiger partial charge on any atom is 0.323 e. The Kier molecular flexibility index (Phi) is 7.61. The van der Waals surface area contributed by atoms with Crippen LogP contribution in [-0.4, -0.2) is 60.1 Å². The predicted octanol–water partition coefficient (Wildman–Crippen LogP) is 2.31. The predicted molar refractivity (Wildman–Crippen MR) is 119 cm³/mol. The number of nitrogens with one attached hydrogen (secondary N) is 3. The molecule has 0 radical (unpaired) electrons. The summed E-state index contributed by atoms with van der Waals surface area (Å²) in [5.74, 6) is -1.03. The van der Waals surface area contributed by atoms with Crippen molar-refractivity contribution < 1.29 is 18.8 Å². The van der Waals surface area contributed by atoms with Crippen LogP contribution in [0.1, 0.15) is 12.0 Å². The number of anilines is 2. The number of hydrogen-bond acceptors (Lipinski definition) is 4. The average molecular weight is 442 g/mol. The quantitative estimate of drug-likeness (QED) is 0.568. The Morgan fingerprint density at radius 3 is 2.22 bits per heavy atom. The third-order valence-corrected chi connectivity index (χ3v) is 4.97. The first-order valence-corrected chi connectivity index (χ1v) is 10.3. The molecular formula is C22H27FN6O3. The highest BCUT2D eigenvalue weighted by molar-refractivity contribution is 5.97. The van der Waals surface area contributed by atoms with Gasteiger partial charge in [-0.25, -0.2) is 14.0 Å². The van der Waals surface area contributed by atoms with E-state index in [1.165, 1.54) is 34.1 Å². The summed E-state index contributed by atoms with van der Waals surface area (Å²) < 4.78 is 13.5. The van der Waals surface area contributed by atoms with Crippen molar-refractivity contribution in [2.45, 2.75) is 19.5 Å². The van der Waals surface area contributed by atoms with Crippen molar-refractivity contribution >= 4 is 29.3 Å². The Labute approximate surface area is 185 Å². The molecule has 170 valence electrons. The fourth-order valence-corrected chi connectivity index (χ4v) is 3.41. The average Bonchev–Trinajstić information content (AvgIpc) is 2.78. The molecule has 32 heavy (non-hydrogen) atoms. The van der Waals surface area contributed by atoms with Crippen LogP contribution in [-0.2, 0) is 4.79 Å². The second-order valence-electron chi connectivity index (χ2n) is 7.43. The van der Waals surface area contributed by atoms with Crippen LogP contribution in [0.4, 0.5) is 25.4 Å². The second-order valence-corrected chi connectivity index (χ2v) is 7.43. The Morgan fingerprint density at radius 1 is 1.00 bits per heavy atom. The van der Waals surface area contributed by atoms with Crippen molar-refractivity contribution in [3.63, 3.8) is 0 Å². The maximum atomic E-state index is 13.5. The van der Waals surface area contributed by atoms with E-state index >= 15 is 0 Å². The summed E-state index contributed by atoms with van der Waals surface area (Å²) >= 11 is 0. The van der Waals surface area contributed by atoms with Gasteiger partial charge in [0.05, 0.1) is 0 Å². The summed E-state index contributed by atoms with van der Waals surface area (Å²) in [6.45, 7) is 2.87. The minimum atomic E-state index is -1.19. The van der Waals surface area contributed by atoms with Gasteiger partial charge in [-0.3, -0.25) is 14.6 Å². The van der Waals surface area contributed by atoms with Crippen LogP contribution in [0.15, 0.2) is 48.5 Å². The first kappa shape index (κ1) is 23.0. The van der Waals surface area contributed by atoms with Crippen molar-refractivity contribution in [2.24, 2.45) is 5.73 Å². The lowest BCUT2D eigenvalue weighted by Gasteiger charge is -2.42. The monoisotopic (exact) mass is 442 g/mol. The summed E-state index contributed by atoms with van der Waals surface area (Å²) in [6, 6.07) is 11.5. The molecule has 1 saturated heterocycles. The van der Waals surface area contributed by atoms with Crippen LogP contribution in [0.3, 0.4) is 0 Å². The lowest BCUT2D eigenvalue weighted by atomic mass is 10.2. The Bertz CT molecular complexity index is 968. The lowest BCUT2D eigenvalue weighted by Crippen LogP contribution is -2.65. The largest absolute Gasteiger partial charge is 0.351 e. The van der Waals surface area contributed by atoms with Crippen LogP contribution >= 0.6 is 0 Å². The fourth-order valence-electron chi connectivity index (χ4n) is 3.41. The molecule has 10 heteroatoms. The fraction of sp³-hybridized carbons (Fsp3) is 0.318. The molecule has 2 aromatic rings. The van der Waals surface area contributed by atoms with E-state index in [0.717, 1.165) is 5.56 Å². The van der Waals surface area contributed by atoms with E-state index < -0.39 is 30.0 Å². The number of urea groups is 2. The zero-order valence-corrected chi connectivity index (χ0v) is 17.8. The highest BCUT2D eigenvalue weighted by Gasteiger charge is 2.40. The molecule has 5 N–H and O–H groups in total. The molecule has 1 fully saturated rings. The zero-order chi connectivity index (χ0) is 23.1. The van der Waals surface area contributed by atoms with E-state index in [4.69, 9.17) is 5.73 Å². The van der Waals surface area contributed by atoms with Crippen LogP contribution < -0.4 is 21.7 Å². The third kappa shape index (κ3) is 5.73. The van der Waals surface area contributed by atoms with Gasteiger partial charge in [0.1, 0.15) is 5.82 Å². The number of benzene rings is 2. The molecule has 1 aliphatic rings. The van der Waals surface area contributed by atoms with E-state index in [9.17, 15) is 18.8 Å². The van der Waals surface area contributed by atoms with E-state index in [1.807, 2.05) is 19.1 Å². The number of rotatable bonds is 5. The van der Waals surface area contributed by atoms with E-state index in [-0.39, 0.29) is 31.9 Å². The van der Waals surface area contributed by atoms with Gasteiger partial charge in [0.2, 0.25) is 0 Å². The molecule has 2 aromatic carbocycles. The summed E-state index contributed by atoms with van der Waals surface area (Å²) in [4.78, 5) is 41.5. The number of aryl methyl sites for hydroxylation is 1. The van der Waals surface area contributed by atoms with Gasteiger partial charge in [0, 0.05) is 37.6 Å². The minimum absolute atomic E-state index is 0.197. The van der Waals surface area contributed by atoms with Crippen molar-refractivity contribution in [3.8, 4) is 0 Å². The molecule has 0 aliphatic carbocycles. The molecule has 1 heterocycles. The Hall–Kier alpha value is -3.66. The van der Waals surface area contributed by atoms with Crippen molar-refractivity contribution in [2.75, 3.05) is 36.8 Å². The smallest absolute Gasteiger partial charge is 0.323 e. The summed E-state index contributed by atoms with van der Waals surface area (Å²) in [6.07, 6.45) is -0.715. The summed E-state index contributed by atoms with van der Waals surface area (Å²) in [5, 5.41) is 8.01. The van der Waals surface area contributed by atoms with E-state index in [1.54, 1.807) is 12.1 Å². The maximum absolute atomic E-state index is 13.5. The molecule has 0 bridgehead atoms. The van der Waals surface area contributed by atoms with Gasteiger partial charge in [-0.2, -0.15) is 0 Å². The molecule has 3 rings (SSSR count). The van der Waals surface area contributed by atoms with Crippen LogP contribution in [0.25, 0.3) is 0 Å². The van der Waals surface area contributed by atoms with Gasteiger partial charge in [0.15, 0.2) is 6.17 Å². The van der Waals surface area contributed by atoms with Gasteiger partial charge in [-0.15, -0.1) is 0 Å². The molecule has 0 saturated carbocycles.